The summed E-state index contributed by atoms with van der Waals surface area (Å²) in [4.78, 5) is 4.68. The van der Waals surface area contributed by atoms with Gasteiger partial charge in [-0.3, -0.25) is 0 Å². The molecule has 2 unspecified atom stereocenters. The van der Waals surface area contributed by atoms with Crippen molar-refractivity contribution in [2.24, 2.45) is 11.7 Å². The molecule has 1 fully saturated rings. The van der Waals surface area contributed by atoms with Gasteiger partial charge in [-0.1, -0.05) is 6.42 Å². The highest BCUT2D eigenvalue weighted by atomic mass is 15.4. The van der Waals surface area contributed by atoms with Crippen molar-refractivity contribution in [2.75, 3.05) is 0 Å². The molecule has 16 heavy (non-hydrogen) atoms. The summed E-state index contributed by atoms with van der Waals surface area (Å²) < 4.78 is 2.10. The van der Waals surface area contributed by atoms with Gasteiger partial charge < -0.3 is 5.73 Å². The number of fused-ring (bicyclic) bond motifs is 1. The van der Waals surface area contributed by atoms with Crippen molar-refractivity contribution in [1.29, 1.82) is 0 Å². The molecule has 4 nitrogen and oxygen atoms in total. The maximum absolute atomic E-state index is 5.97. The van der Waals surface area contributed by atoms with Gasteiger partial charge in [-0.05, 0) is 32.1 Å². The fraction of sp³-hybridized carbons (Fsp3) is 0.833. The van der Waals surface area contributed by atoms with Crippen molar-refractivity contribution in [3.8, 4) is 0 Å². The zero-order chi connectivity index (χ0) is 11.1. The van der Waals surface area contributed by atoms with Gasteiger partial charge in [-0.15, -0.1) is 0 Å². The molecule has 4 heteroatoms. The molecule has 2 heterocycles. The first-order valence-electron chi connectivity index (χ1n) is 6.43. The van der Waals surface area contributed by atoms with E-state index in [0.29, 0.717) is 11.8 Å². The maximum atomic E-state index is 5.97. The Morgan fingerprint density at radius 1 is 1.38 bits per heavy atom. The third-order valence-electron chi connectivity index (χ3n) is 4.12. The number of hydrogen-bond acceptors (Lipinski definition) is 3. The lowest BCUT2D eigenvalue weighted by atomic mass is 9.85. The van der Waals surface area contributed by atoms with Gasteiger partial charge in [0, 0.05) is 24.9 Å². The zero-order valence-electron chi connectivity index (χ0n) is 9.89. The molecule has 0 saturated heterocycles. The predicted molar refractivity (Wildman–Crippen MR) is 62.1 cm³/mol. The number of hydrogen-bond donors (Lipinski definition) is 1. The Morgan fingerprint density at radius 2 is 2.19 bits per heavy atom. The first kappa shape index (κ1) is 10.3. The Balaban J connectivity index is 1.79. The topological polar surface area (TPSA) is 56.7 Å². The molecule has 1 aliphatic heterocycles. The van der Waals surface area contributed by atoms with Crippen LogP contribution in [0.5, 0.6) is 0 Å². The highest BCUT2D eigenvalue weighted by molar-refractivity contribution is 5.05. The predicted octanol–water partition coefficient (Wildman–Crippen LogP) is 1.46. The van der Waals surface area contributed by atoms with Crippen LogP contribution in [-0.4, -0.2) is 20.8 Å². The molecular weight excluding hydrogens is 200 g/mol. The van der Waals surface area contributed by atoms with Crippen LogP contribution in [0.15, 0.2) is 0 Å². The van der Waals surface area contributed by atoms with E-state index in [1.165, 1.54) is 31.5 Å². The van der Waals surface area contributed by atoms with Crippen molar-refractivity contribution in [2.45, 2.75) is 57.5 Å². The van der Waals surface area contributed by atoms with Gasteiger partial charge in [-0.2, -0.15) is 5.10 Å². The van der Waals surface area contributed by atoms with Crippen LogP contribution >= 0.6 is 0 Å². The smallest absolute Gasteiger partial charge is 0.154 e. The van der Waals surface area contributed by atoms with Gasteiger partial charge in [-0.25, -0.2) is 9.67 Å². The van der Waals surface area contributed by atoms with E-state index < -0.39 is 0 Å². The summed E-state index contributed by atoms with van der Waals surface area (Å²) in [6, 6.07) is 0.268. The third kappa shape index (κ3) is 1.65. The number of nitrogens with zero attached hydrogens (tertiary/aromatic N) is 3. The van der Waals surface area contributed by atoms with Gasteiger partial charge in [0.25, 0.3) is 0 Å². The zero-order valence-corrected chi connectivity index (χ0v) is 9.89. The van der Waals surface area contributed by atoms with Crippen molar-refractivity contribution >= 4 is 0 Å². The van der Waals surface area contributed by atoms with Crippen molar-refractivity contribution in [1.82, 2.24) is 14.8 Å². The SMILES string of the molecule is CC(N)C1CCc2nc(C3CCC3)nn2C1. The Kier molecular flexibility index (Phi) is 2.46. The highest BCUT2D eigenvalue weighted by Crippen LogP contribution is 2.35. The van der Waals surface area contributed by atoms with Crippen LogP contribution in [0.1, 0.15) is 50.2 Å². The monoisotopic (exact) mass is 220 g/mol. The molecular formula is C12H20N4. The molecule has 2 N–H and O–H groups in total. The molecule has 0 spiro atoms. The van der Waals surface area contributed by atoms with Crippen LogP contribution in [0.4, 0.5) is 0 Å². The number of rotatable bonds is 2. The van der Waals surface area contributed by atoms with E-state index in [0.717, 1.165) is 18.8 Å². The lowest BCUT2D eigenvalue weighted by Gasteiger charge is -2.25. The van der Waals surface area contributed by atoms with Crippen LogP contribution in [0.2, 0.25) is 0 Å². The largest absolute Gasteiger partial charge is 0.328 e. The van der Waals surface area contributed by atoms with Crippen molar-refractivity contribution < 1.29 is 0 Å². The number of nitrogens with two attached hydrogens (primary N) is 1. The Hall–Kier alpha value is -0.900. The van der Waals surface area contributed by atoms with Gasteiger partial charge in [0.05, 0.1) is 0 Å². The molecule has 0 aromatic carbocycles. The quantitative estimate of drug-likeness (QED) is 0.820. The highest BCUT2D eigenvalue weighted by Gasteiger charge is 2.28. The molecule has 1 aromatic heterocycles. The molecule has 2 aliphatic rings. The molecule has 1 aromatic rings. The second-order valence-electron chi connectivity index (χ2n) is 5.35. The van der Waals surface area contributed by atoms with E-state index >= 15 is 0 Å². The van der Waals surface area contributed by atoms with E-state index in [4.69, 9.17) is 5.73 Å². The number of aromatic nitrogens is 3. The van der Waals surface area contributed by atoms with Gasteiger partial charge >= 0.3 is 0 Å². The molecule has 0 radical (unpaired) electrons. The Bertz CT molecular complexity index is 378. The average Bonchev–Trinajstić information content (AvgIpc) is 2.56. The van der Waals surface area contributed by atoms with Crippen molar-refractivity contribution in [3.63, 3.8) is 0 Å². The molecule has 1 aliphatic carbocycles. The second-order valence-corrected chi connectivity index (χ2v) is 5.35. The average molecular weight is 220 g/mol. The Morgan fingerprint density at radius 3 is 2.81 bits per heavy atom. The van der Waals surface area contributed by atoms with Crippen LogP contribution in [0, 0.1) is 5.92 Å². The fourth-order valence-corrected chi connectivity index (χ4v) is 2.62. The number of aryl methyl sites for hydroxylation is 1. The van der Waals surface area contributed by atoms with Gasteiger partial charge in [0.2, 0.25) is 0 Å². The lowest BCUT2D eigenvalue weighted by molar-refractivity contribution is 0.302. The minimum atomic E-state index is 0.268. The minimum Gasteiger partial charge on any atom is -0.328 e. The van der Waals surface area contributed by atoms with Crippen LogP contribution < -0.4 is 5.73 Å². The lowest BCUT2D eigenvalue weighted by Crippen LogP contribution is -2.34. The summed E-state index contributed by atoms with van der Waals surface area (Å²) >= 11 is 0. The fourth-order valence-electron chi connectivity index (χ4n) is 2.62. The summed E-state index contributed by atoms with van der Waals surface area (Å²) in [5.41, 5.74) is 5.97. The summed E-state index contributed by atoms with van der Waals surface area (Å²) in [5.74, 6) is 3.49. The Labute approximate surface area is 96.2 Å². The van der Waals surface area contributed by atoms with E-state index in [2.05, 4.69) is 21.7 Å². The van der Waals surface area contributed by atoms with Crippen molar-refractivity contribution in [3.05, 3.63) is 11.6 Å². The third-order valence-corrected chi connectivity index (χ3v) is 4.12. The van der Waals surface area contributed by atoms with Crippen LogP contribution in [0.25, 0.3) is 0 Å². The molecule has 0 amide bonds. The molecule has 0 bridgehead atoms. The summed E-state index contributed by atoms with van der Waals surface area (Å²) in [6.45, 7) is 3.06. The molecule has 3 rings (SSSR count). The second kappa shape index (κ2) is 3.84. The standard InChI is InChI=1S/C12H20N4/c1-8(13)10-5-6-11-14-12(9-3-2-4-9)15-16(11)7-10/h8-10H,2-7,13H2,1H3. The van der Waals surface area contributed by atoms with E-state index in [9.17, 15) is 0 Å². The first-order chi connectivity index (χ1) is 7.74. The van der Waals surface area contributed by atoms with Crippen LogP contribution in [0.3, 0.4) is 0 Å². The summed E-state index contributed by atoms with van der Waals surface area (Å²) in [5, 5.41) is 4.66. The normalized spacial score (nSPS) is 27.2. The molecule has 2 atom stereocenters. The summed E-state index contributed by atoms with van der Waals surface area (Å²) in [6.07, 6.45) is 6.11. The molecule has 1 saturated carbocycles. The minimum absolute atomic E-state index is 0.268. The summed E-state index contributed by atoms with van der Waals surface area (Å²) in [7, 11) is 0. The van der Waals surface area contributed by atoms with E-state index in [-0.39, 0.29) is 6.04 Å². The molecule has 88 valence electrons. The maximum Gasteiger partial charge on any atom is 0.154 e. The van der Waals surface area contributed by atoms with E-state index in [1.54, 1.807) is 0 Å². The van der Waals surface area contributed by atoms with Crippen LogP contribution in [-0.2, 0) is 13.0 Å². The van der Waals surface area contributed by atoms with Gasteiger partial charge in [0.1, 0.15) is 5.82 Å². The first-order valence-corrected chi connectivity index (χ1v) is 6.43. The van der Waals surface area contributed by atoms with Gasteiger partial charge in [0.15, 0.2) is 5.82 Å². The van der Waals surface area contributed by atoms with E-state index in [1.807, 2.05) is 0 Å².